The van der Waals surface area contributed by atoms with Crippen LogP contribution < -0.4 is 5.32 Å². The topological polar surface area (TPSA) is 41.1 Å². The predicted molar refractivity (Wildman–Crippen MR) is 174 cm³/mol. The largest absolute Gasteiger partial charge is 0.312 e. The summed E-state index contributed by atoms with van der Waals surface area (Å²) in [6.07, 6.45) is 3.41. The molecule has 0 atom stereocenters. The van der Waals surface area contributed by atoms with Crippen LogP contribution in [0, 0.1) is 13.8 Å². The van der Waals surface area contributed by atoms with Crippen LogP contribution in [0.4, 0.5) is 0 Å². The molecule has 4 heterocycles. The number of aryl methyl sites for hydroxylation is 2. The van der Waals surface area contributed by atoms with Gasteiger partial charge in [-0.25, -0.2) is 0 Å². The van der Waals surface area contributed by atoms with Gasteiger partial charge in [-0.15, -0.1) is 11.6 Å². The van der Waals surface area contributed by atoms with Gasteiger partial charge in [-0.2, -0.15) is 0 Å². The van der Waals surface area contributed by atoms with E-state index in [1.165, 1.54) is 34.2 Å². The van der Waals surface area contributed by atoms with Crippen molar-refractivity contribution in [2.24, 2.45) is 0 Å². The molecule has 0 bridgehead atoms. The van der Waals surface area contributed by atoms with Crippen molar-refractivity contribution < 1.29 is 0 Å². The number of fused-ring (bicyclic) bond motifs is 4. The Labute approximate surface area is 257 Å². The highest BCUT2D eigenvalue weighted by Crippen LogP contribution is 2.33. The van der Waals surface area contributed by atoms with Crippen LogP contribution in [0.1, 0.15) is 39.2 Å². The van der Waals surface area contributed by atoms with Crippen LogP contribution in [-0.2, 0) is 32.5 Å². The zero-order valence-electron chi connectivity index (χ0n) is 23.8. The van der Waals surface area contributed by atoms with Gasteiger partial charge in [0.05, 0.1) is 21.1 Å². The van der Waals surface area contributed by atoms with Gasteiger partial charge in [-0.3, -0.25) is 14.9 Å². The van der Waals surface area contributed by atoms with E-state index in [0.29, 0.717) is 0 Å². The second kappa shape index (κ2) is 13.5. The van der Waals surface area contributed by atoms with Gasteiger partial charge in [-0.1, -0.05) is 76.8 Å². The number of pyridine rings is 2. The van der Waals surface area contributed by atoms with Crippen molar-refractivity contribution in [1.82, 2.24) is 20.2 Å². The van der Waals surface area contributed by atoms with Gasteiger partial charge in [0.15, 0.2) is 0 Å². The molecule has 2 aliphatic heterocycles. The molecule has 7 heteroatoms. The number of nitrogens with one attached hydrogen (secondary N) is 1. The summed E-state index contributed by atoms with van der Waals surface area (Å²) in [6, 6.07) is 23.2. The fourth-order valence-electron chi connectivity index (χ4n) is 5.57. The summed E-state index contributed by atoms with van der Waals surface area (Å²) in [6.45, 7) is 8.87. The molecule has 4 nitrogen and oxygen atoms in total. The minimum atomic E-state index is 0.838. The molecule has 41 heavy (non-hydrogen) atoms. The maximum absolute atomic E-state index is 6.73. The van der Waals surface area contributed by atoms with Crippen LogP contribution >= 0.6 is 34.8 Å². The molecule has 0 unspecified atom stereocenters. The van der Waals surface area contributed by atoms with Crippen molar-refractivity contribution in [2.75, 3.05) is 19.5 Å². The van der Waals surface area contributed by atoms with Crippen molar-refractivity contribution in [3.8, 4) is 0 Å². The average Bonchev–Trinajstić information content (AvgIpc) is 3.00. The van der Waals surface area contributed by atoms with E-state index in [-0.39, 0.29) is 0 Å². The number of benzene rings is 3. The summed E-state index contributed by atoms with van der Waals surface area (Å²) in [7, 11) is 0. The molecule has 212 valence electrons. The van der Waals surface area contributed by atoms with Gasteiger partial charge in [0.1, 0.15) is 0 Å². The number of halogens is 3. The summed E-state index contributed by atoms with van der Waals surface area (Å²) in [5.74, 6) is 0. The van der Waals surface area contributed by atoms with E-state index in [2.05, 4.69) is 102 Å². The molecule has 0 radical (unpaired) electrons. The maximum Gasteiger partial charge on any atom is 0.0720 e. The highest BCUT2D eigenvalue weighted by atomic mass is 35.5. The minimum Gasteiger partial charge on any atom is -0.312 e. The number of nitrogens with zero attached hydrogens (tertiary/aromatic N) is 3. The van der Waals surface area contributed by atoms with E-state index in [1.807, 2.05) is 0 Å². The minimum absolute atomic E-state index is 0.838. The molecular formula is C34H35Cl3N4. The summed E-state index contributed by atoms with van der Waals surface area (Å²) in [5, 5.41) is 7.24. The van der Waals surface area contributed by atoms with Gasteiger partial charge in [0.25, 0.3) is 0 Å². The third-order valence-electron chi connectivity index (χ3n) is 7.65. The van der Waals surface area contributed by atoms with E-state index in [9.17, 15) is 0 Å². The Bertz CT molecular complexity index is 1670. The first kappa shape index (κ1) is 29.8. The molecule has 2 aromatic heterocycles. The molecule has 0 aliphatic carbocycles. The molecule has 7 rings (SSSR count). The third kappa shape index (κ3) is 6.69. The highest BCUT2D eigenvalue weighted by Gasteiger charge is 2.22. The van der Waals surface area contributed by atoms with E-state index in [0.717, 1.165) is 88.8 Å². The van der Waals surface area contributed by atoms with Gasteiger partial charge in [0.2, 0.25) is 0 Å². The normalized spacial score (nSPS) is 14.4. The first-order valence-electron chi connectivity index (χ1n) is 14.0. The van der Waals surface area contributed by atoms with Crippen molar-refractivity contribution in [2.45, 2.75) is 46.3 Å². The molecule has 5 aromatic rings. The molecule has 0 fully saturated rings. The first-order chi connectivity index (χ1) is 20.0. The van der Waals surface area contributed by atoms with Crippen LogP contribution in [0.2, 0.25) is 10.0 Å². The molecule has 1 N–H and O–H groups in total. The van der Waals surface area contributed by atoms with Gasteiger partial charge < -0.3 is 5.32 Å². The lowest BCUT2D eigenvalue weighted by Crippen LogP contribution is -2.31. The van der Waals surface area contributed by atoms with Crippen LogP contribution in [0.15, 0.2) is 66.7 Å². The number of aromatic nitrogens is 2. The number of hydrogen-bond acceptors (Lipinski definition) is 4. The average molecular weight is 606 g/mol. The fourth-order valence-corrected chi connectivity index (χ4v) is 6.22. The van der Waals surface area contributed by atoms with E-state index in [4.69, 9.17) is 33.2 Å². The van der Waals surface area contributed by atoms with Gasteiger partial charge in [-0.05, 0) is 43.7 Å². The number of alkyl halides is 1. The van der Waals surface area contributed by atoms with Crippen molar-refractivity contribution in [3.63, 3.8) is 0 Å². The van der Waals surface area contributed by atoms with Crippen molar-refractivity contribution in [1.29, 1.82) is 0 Å². The summed E-state index contributed by atoms with van der Waals surface area (Å²) in [5.41, 5.74) is 10.5. The molecule has 0 spiro atoms. The maximum atomic E-state index is 6.73. The smallest absolute Gasteiger partial charge is 0.0720 e. The van der Waals surface area contributed by atoms with Gasteiger partial charge in [0, 0.05) is 85.2 Å². The molecular weight excluding hydrogens is 571 g/mol. The Morgan fingerprint density at radius 2 is 1.34 bits per heavy atom. The van der Waals surface area contributed by atoms with Gasteiger partial charge >= 0.3 is 0 Å². The fraction of sp³-hybridized carbons (Fsp3) is 0.294. The van der Waals surface area contributed by atoms with Crippen LogP contribution in [0.5, 0.6) is 0 Å². The molecule has 0 saturated carbocycles. The summed E-state index contributed by atoms with van der Waals surface area (Å²) in [4.78, 5) is 12.0. The second-order valence-corrected chi connectivity index (χ2v) is 11.4. The van der Waals surface area contributed by atoms with Crippen LogP contribution in [-0.4, -0.2) is 34.3 Å². The quantitative estimate of drug-likeness (QED) is 0.205. The lowest BCUT2D eigenvalue weighted by atomic mass is 10.0. The van der Waals surface area contributed by atoms with E-state index < -0.39 is 0 Å². The molecule has 0 amide bonds. The van der Waals surface area contributed by atoms with E-state index in [1.54, 1.807) is 0 Å². The van der Waals surface area contributed by atoms with E-state index >= 15 is 0 Å². The highest BCUT2D eigenvalue weighted by molar-refractivity contribution is 6.36. The second-order valence-electron chi connectivity index (χ2n) is 10.6. The summed E-state index contributed by atoms with van der Waals surface area (Å²) < 4.78 is 0. The van der Waals surface area contributed by atoms with Crippen molar-refractivity contribution >= 4 is 56.6 Å². The van der Waals surface area contributed by atoms with Crippen LogP contribution in [0.3, 0.4) is 0 Å². The molecule has 3 aromatic carbocycles. The zero-order valence-corrected chi connectivity index (χ0v) is 26.0. The zero-order chi connectivity index (χ0) is 28.9. The first-order valence-corrected chi connectivity index (χ1v) is 15.5. The Kier molecular flexibility index (Phi) is 9.79. The molecule has 2 aliphatic rings. The Hall–Kier alpha value is -2.73. The Morgan fingerprint density at radius 3 is 1.98 bits per heavy atom. The summed E-state index contributed by atoms with van der Waals surface area (Å²) >= 11 is 17.8. The monoisotopic (exact) mass is 604 g/mol. The Morgan fingerprint density at radius 1 is 0.756 bits per heavy atom. The van der Waals surface area contributed by atoms with Crippen molar-refractivity contribution in [3.05, 3.63) is 116 Å². The predicted octanol–water partition coefficient (Wildman–Crippen LogP) is 8.45. The lowest BCUT2D eigenvalue weighted by Gasteiger charge is -2.29. The number of hydrogen-bond donors (Lipinski definition) is 1. The third-order valence-corrected chi connectivity index (χ3v) is 8.51. The molecule has 0 saturated heterocycles. The lowest BCUT2D eigenvalue weighted by molar-refractivity contribution is 0.244. The standard InChI is InChI=1S/C20H19ClN2.C13H13ClN2.CH3Cl/c1-14-7-8-18-16(11-14)20(21)17-13-23(10-9-19(17)22-18)12-15-5-3-2-4-6-15;1-8-2-3-11-9(6-8)13(14)10-7-15-5-4-12(10)16-11;1-2/h2-8,11H,9-10,12-13H2,1H3;2-3,6,15H,4-5,7H2,1H3;1H3. The Balaban J connectivity index is 0.000000164. The number of rotatable bonds is 2. The SMILES string of the molecule is CCl.Cc1ccc2nc3c(c(Cl)c2c1)CN(Cc1ccccc1)CC3.Cc1ccc2nc3c(c(Cl)c2c1)CNCC3. The van der Waals surface area contributed by atoms with Crippen LogP contribution in [0.25, 0.3) is 21.8 Å².